The fraction of sp³-hybridized carbons (Fsp3) is 0.526. The summed E-state index contributed by atoms with van der Waals surface area (Å²) >= 11 is 0. The predicted molar refractivity (Wildman–Crippen MR) is 92.0 cm³/mol. The molecule has 0 atom stereocenters. The second-order valence-electron chi connectivity index (χ2n) is 6.94. The lowest BCUT2D eigenvalue weighted by molar-refractivity contribution is 0.0693. The van der Waals surface area contributed by atoms with Crippen LogP contribution < -0.4 is 0 Å². The first kappa shape index (κ1) is 15.4. The molecule has 126 valence electrons. The maximum Gasteiger partial charge on any atom is 0.253 e. The number of piperidine rings is 1. The highest BCUT2D eigenvalue weighted by atomic mass is 16.2. The lowest BCUT2D eigenvalue weighted by atomic mass is 10.0. The first-order chi connectivity index (χ1) is 11.8. The van der Waals surface area contributed by atoms with Crippen molar-refractivity contribution in [1.29, 1.82) is 0 Å². The standard InChI is InChI=1S/C19H24N4O/c1-2-14-3-5-16(6-4-14)19(24)22-11-9-17(10-12-22)23-13-20-21-18(23)15-7-8-15/h3-6,13,15,17H,2,7-12H2,1H3. The molecule has 0 spiro atoms. The lowest BCUT2D eigenvalue weighted by Gasteiger charge is -2.33. The molecule has 0 radical (unpaired) electrons. The van der Waals surface area contributed by atoms with Gasteiger partial charge in [-0.05, 0) is 49.8 Å². The highest BCUT2D eigenvalue weighted by Crippen LogP contribution is 2.40. The van der Waals surface area contributed by atoms with Crippen LogP contribution in [0, 0.1) is 0 Å². The Labute approximate surface area is 142 Å². The lowest BCUT2D eigenvalue weighted by Crippen LogP contribution is -2.39. The Morgan fingerprint density at radius 2 is 1.83 bits per heavy atom. The van der Waals surface area contributed by atoms with Gasteiger partial charge in [-0.15, -0.1) is 10.2 Å². The zero-order valence-corrected chi connectivity index (χ0v) is 14.2. The normalized spacial score (nSPS) is 18.8. The van der Waals surface area contributed by atoms with E-state index < -0.39 is 0 Å². The molecule has 1 aliphatic heterocycles. The third-order valence-corrected chi connectivity index (χ3v) is 5.30. The molecule has 0 N–H and O–H groups in total. The zero-order valence-electron chi connectivity index (χ0n) is 14.2. The Bertz CT molecular complexity index is 709. The topological polar surface area (TPSA) is 51.0 Å². The summed E-state index contributed by atoms with van der Waals surface area (Å²) in [4.78, 5) is 14.7. The van der Waals surface area contributed by atoms with Gasteiger partial charge in [-0.1, -0.05) is 19.1 Å². The molecule has 1 aromatic carbocycles. The number of amides is 1. The van der Waals surface area contributed by atoms with Crippen LogP contribution in [0.1, 0.15) is 66.3 Å². The van der Waals surface area contributed by atoms with Gasteiger partial charge in [-0.25, -0.2) is 0 Å². The molecule has 24 heavy (non-hydrogen) atoms. The fourth-order valence-corrected chi connectivity index (χ4v) is 3.58. The maximum atomic E-state index is 12.7. The molecule has 0 unspecified atom stereocenters. The van der Waals surface area contributed by atoms with E-state index in [0.29, 0.717) is 12.0 Å². The molecule has 1 saturated carbocycles. The molecule has 1 saturated heterocycles. The van der Waals surface area contributed by atoms with E-state index in [1.165, 1.54) is 18.4 Å². The van der Waals surface area contributed by atoms with Gasteiger partial charge in [0.15, 0.2) is 0 Å². The molecule has 2 heterocycles. The Morgan fingerprint density at radius 1 is 1.12 bits per heavy atom. The van der Waals surface area contributed by atoms with E-state index in [2.05, 4.69) is 33.8 Å². The van der Waals surface area contributed by atoms with E-state index in [4.69, 9.17) is 0 Å². The van der Waals surface area contributed by atoms with Crippen LogP contribution in [0.2, 0.25) is 0 Å². The third-order valence-electron chi connectivity index (χ3n) is 5.30. The van der Waals surface area contributed by atoms with Crippen LogP contribution in [0.3, 0.4) is 0 Å². The molecular weight excluding hydrogens is 300 g/mol. The predicted octanol–water partition coefficient (Wildman–Crippen LogP) is 3.20. The number of aromatic nitrogens is 3. The van der Waals surface area contributed by atoms with Gasteiger partial charge in [-0.3, -0.25) is 4.79 Å². The van der Waals surface area contributed by atoms with Gasteiger partial charge < -0.3 is 9.47 Å². The summed E-state index contributed by atoms with van der Waals surface area (Å²) in [6.07, 6.45) is 7.32. The number of hydrogen-bond donors (Lipinski definition) is 0. The molecule has 4 rings (SSSR count). The van der Waals surface area contributed by atoms with E-state index in [-0.39, 0.29) is 5.91 Å². The second kappa shape index (κ2) is 6.38. The minimum Gasteiger partial charge on any atom is -0.338 e. The molecular formula is C19H24N4O. The van der Waals surface area contributed by atoms with Crippen molar-refractivity contribution < 1.29 is 4.79 Å². The Hall–Kier alpha value is -2.17. The highest BCUT2D eigenvalue weighted by molar-refractivity contribution is 5.94. The van der Waals surface area contributed by atoms with Crippen LogP contribution >= 0.6 is 0 Å². The van der Waals surface area contributed by atoms with Crippen LogP contribution in [0.15, 0.2) is 30.6 Å². The number of benzene rings is 1. The van der Waals surface area contributed by atoms with Crippen molar-refractivity contribution in [3.63, 3.8) is 0 Å². The molecule has 1 aliphatic carbocycles. The third kappa shape index (κ3) is 2.95. The minimum atomic E-state index is 0.155. The Morgan fingerprint density at radius 3 is 2.46 bits per heavy atom. The van der Waals surface area contributed by atoms with Crippen molar-refractivity contribution in [2.75, 3.05) is 13.1 Å². The van der Waals surface area contributed by atoms with Gasteiger partial charge in [-0.2, -0.15) is 0 Å². The fourth-order valence-electron chi connectivity index (χ4n) is 3.58. The van der Waals surface area contributed by atoms with Gasteiger partial charge in [0, 0.05) is 30.6 Å². The average Bonchev–Trinajstić information content (AvgIpc) is 3.38. The average molecular weight is 324 g/mol. The molecule has 0 bridgehead atoms. The van der Waals surface area contributed by atoms with Crippen molar-refractivity contribution in [2.24, 2.45) is 0 Å². The van der Waals surface area contributed by atoms with E-state index in [1.54, 1.807) is 0 Å². The summed E-state index contributed by atoms with van der Waals surface area (Å²) < 4.78 is 2.26. The summed E-state index contributed by atoms with van der Waals surface area (Å²) in [5.74, 6) is 1.92. The summed E-state index contributed by atoms with van der Waals surface area (Å²) in [5.41, 5.74) is 2.07. The van der Waals surface area contributed by atoms with Crippen LogP contribution in [0.5, 0.6) is 0 Å². The van der Waals surface area contributed by atoms with Crippen LogP contribution in [0.25, 0.3) is 0 Å². The molecule has 5 heteroatoms. The van der Waals surface area contributed by atoms with Crippen molar-refractivity contribution in [2.45, 2.75) is 51.0 Å². The Balaban J connectivity index is 1.40. The first-order valence-electron chi connectivity index (χ1n) is 9.04. The number of likely N-dealkylation sites (tertiary alicyclic amines) is 1. The smallest absolute Gasteiger partial charge is 0.253 e. The zero-order chi connectivity index (χ0) is 16.5. The number of hydrogen-bond acceptors (Lipinski definition) is 3. The largest absolute Gasteiger partial charge is 0.338 e. The Kier molecular flexibility index (Phi) is 4.08. The maximum absolute atomic E-state index is 12.7. The molecule has 2 aliphatic rings. The number of aryl methyl sites for hydroxylation is 1. The van der Waals surface area contributed by atoms with Crippen molar-refractivity contribution >= 4 is 5.91 Å². The van der Waals surface area contributed by atoms with Gasteiger partial charge in [0.25, 0.3) is 5.91 Å². The second-order valence-corrected chi connectivity index (χ2v) is 6.94. The van der Waals surface area contributed by atoms with E-state index >= 15 is 0 Å². The van der Waals surface area contributed by atoms with Crippen molar-refractivity contribution in [3.8, 4) is 0 Å². The minimum absolute atomic E-state index is 0.155. The summed E-state index contributed by atoms with van der Waals surface area (Å²) in [6, 6.07) is 8.45. The quantitative estimate of drug-likeness (QED) is 0.868. The number of rotatable bonds is 4. The van der Waals surface area contributed by atoms with Crippen molar-refractivity contribution in [1.82, 2.24) is 19.7 Å². The summed E-state index contributed by atoms with van der Waals surface area (Å²) in [6.45, 7) is 3.74. The monoisotopic (exact) mass is 324 g/mol. The molecule has 1 amide bonds. The van der Waals surface area contributed by atoms with E-state index in [0.717, 1.165) is 43.7 Å². The van der Waals surface area contributed by atoms with Gasteiger partial charge in [0.1, 0.15) is 12.2 Å². The van der Waals surface area contributed by atoms with Crippen molar-refractivity contribution in [3.05, 3.63) is 47.5 Å². The van der Waals surface area contributed by atoms with Gasteiger partial charge >= 0.3 is 0 Å². The summed E-state index contributed by atoms with van der Waals surface area (Å²) in [5, 5.41) is 8.41. The van der Waals surface area contributed by atoms with Gasteiger partial charge in [0.2, 0.25) is 0 Å². The van der Waals surface area contributed by atoms with Crippen LogP contribution in [-0.2, 0) is 6.42 Å². The van der Waals surface area contributed by atoms with E-state index in [9.17, 15) is 4.79 Å². The highest BCUT2D eigenvalue weighted by Gasteiger charge is 2.32. The molecule has 2 fully saturated rings. The first-order valence-corrected chi connectivity index (χ1v) is 9.04. The molecule has 2 aromatic rings. The molecule has 1 aromatic heterocycles. The SMILES string of the molecule is CCc1ccc(C(=O)N2CCC(n3cnnc3C3CC3)CC2)cc1. The van der Waals surface area contributed by atoms with Crippen LogP contribution in [0.4, 0.5) is 0 Å². The van der Waals surface area contributed by atoms with Gasteiger partial charge in [0.05, 0.1) is 0 Å². The number of nitrogens with zero attached hydrogens (tertiary/aromatic N) is 4. The number of carbonyl (C=O) groups excluding carboxylic acids is 1. The molecule has 5 nitrogen and oxygen atoms in total. The summed E-state index contributed by atoms with van der Waals surface area (Å²) in [7, 11) is 0. The number of carbonyl (C=O) groups is 1. The van der Waals surface area contributed by atoms with E-state index in [1.807, 2.05) is 23.4 Å². The van der Waals surface area contributed by atoms with Crippen LogP contribution in [-0.4, -0.2) is 38.7 Å².